The first kappa shape index (κ1) is 15.2. The number of urea groups is 1. The van der Waals surface area contributed by atoms with Gasteiger partial charge in [0.25, 0.3) is 0 Å². The normalized spacial score (nSPS) is 22.3. The van der Waals surface area contributed by atoms with Crippen molar-refractivity contribution in [2.45, 2.75) is 31.8 Å². The Balaban J connectivity index is 1.58. The number of fused-ring (bicyclic) bond motifs is 1. The minimum absolute atomic E-state index is 0.00725. The molecule has 2 fully saturated rings. The Morgan fingerprint density at radius 1 is 1.23 bits per heavy atom. The van der Waals surface area contributed by atoms with Crippen LogP contribution in [-0.2, 0) is 6.54 Å². The largest absolute Gasteiger partial charge is 0.334 e. The van der Waals surface area contributed by atoms with Crippen LogP contribution in [0.3, 0.4) is 0 Å². The molecular weight excluding hydrogens is 288 g/mol. The van der Waals surface area contributed by atoms with Crippen molar-refractivity contribution in [3.8, 4) is 0 Å². The maximum absolute atomic E-state index is 13.6. The summed E-state index contributed by atoms with van der Waals surface area (Å²) in [5.74, 6) is -1.77. The number of nitrogens with zero attached hydrogens (tertiary/aromatic N) is 2. The Morgan fingerprint density at radius 2 is 2.05 bits per heavy atom. The number of benzene rings is 1. The van der Waals surface area contributed by atoms with Gasteiger partial charge >= 0.3 is 6.03 Å². The van der Waals surface area contributed by atoms with E-state index in [0.717, 1.165) is 38.5 Å². The molecule has 0 aliphatic carbocycles. The van der Waals surface area contributed by atoms with Gasteiger partial charge in [-0.3, -0.25) is 4.90 Å². The number of rotatable bonds is 2. The Labute approximate surface area is 129 Å². The lowest BCUT2D eigenvalue weighted by atomic mass is 10.2. The lowest BCUT2D eigenvalue weighted by Crippen LogP contribution is -2.44. The van der Waals surface area contributed by atoms with Crippen molar-refractivity contribution in [3.05, 3.63) is 35.4 Å². The predicted octanol–water partition coefficient (Wildman–Crippen LogP) is 2.34. The number of halogens is 2. The van der Waals surface area contributed by atoms with E-state index in [2.05, 4.69) is 10.2 Å². The van der Waals surface area contributed by atoms with Crippen LogP contribution in [0.25, 0.3) is 0 Å². The van der Waals surface area contributed by atoms with Crippen molar-refractivity contribution in [1.82, 2.24) is 15.1 Å². The Kier molecular flexibility index (Phi) is 4.57. The van der Waals surface area contributed by atoms with Gasteiger partial charge in [0.15, 0.2) is 11.6 Å². The van der Waals surface area contributed by atoms with E-state index in [1.807, 2.05) is 0 Å². The lowest BCUT2D eigenvalue weighted by Gasteiger charge is -2.25. The molecule has 1 N–H and O–H groups in total. The van der Waals surface area contributed by atoms with Crippen LogP contribution in [0.5, 0.6) is 0 Å². The number of hydrogen-bond acceptors (Lipinski definition) is 2. The van der Waals surface area contributed by atoms with Crippen LogP contribution >= 0.6 is 0 Å². The maximum atomic E-state index is 13.6. The monoisotopic (exact) mass is 309 g/mol. The molecule has 1 atom stereocenters. The van der Waals surface area contributed by atoms with Crippen molar-refractivity contribution in [3.63, 3.8) is 0 Å². The molecule has 120 valence electrons. The quantitative estimate of drug-likeness (QED) is 0.910. The molecule has 3 rings (SSSR count). The molecule has 0 aromatic heterocycles. The van der Waals surface area contributed by atoms with Gasteiger partial charge in [-0.1, -0.05) is 12.1 Å². The van der Waals surface area contributed by atoms with Gasteiger partial charge in [0.05, 0.1) is 0 Å². The fourth-order valence-electron chi connectivity index (χ4n) is 3.36. The molecular formula is C16H21F2N3O. The minimum atomic E-state index is -0.888. The molecule has 2 aliphatic heterocycles. The van der Waals surface area contributed by atoms with Crippen LogP contribution in [0.2, 0.25) is 0 Å². The minimum Gasteiger partial charge on any atom is -0.334 e. The lowest BCUT2D eigenvalue weighted by molar-refractivity contribution is 0.188. The zero-order valence-corrected chi connectivity index (χ0v) is 12.5. The Bertz CT molecular complexity index is 552. The fraction of sp³-hybridized carbons (Fsp3) is 0.562. The highest BCUT2D eigenvalue weighted by Crippen LogP contribution is 2.21. The van der Waals surface area contributed by atoms with Crippen LogP contribution in [0.1, 0.15) is 24.8 Å². The summed E-state index contributed by atoms with van der Waals surface area (Å²) in [6, 6.07) is 4.25. The second-order valence-electron chi connectivity index (χ2n) is 6.00. The highest BCUT2D eigenvalue weighted by atomic mass is 19.2. The molecule has 1 aromatic carbocycles. The van der Waals surface area contributed by atoms with Crippen LogP contribution in [0.4, 0.5) is 13.6 Å². The average molecular weight is 309 g/mol. The first-order chi connectivity index (χ1) is 10.6. The molecule has 6 heteroatoms. The molecule has 0 saturated carbocycles. The third-order valence-corrected chi connectivity index (χ3v) is 4.55. The Hall–Kier alpha value is -1.69. The first-order valence-corrected chi connectivity index (χ1v) is 7.85. The van der Waals surface area contributed by atoms with Gasteiger partial charge < -0.3 is 10.2 Å². The summed E-state index contributed by atoms with van der Waals surface area (Å²) in [4.78, 5) is 16.5. The van der Waals surface area contributed by atoms with Crippen LogP contribution in [0, 0.1) is 11.6 Å². The molecule has 4 nitrogen and oxygen atoms in total. The smallest absolute Gasteiger partial charge is 0.317 e. The van der Waals surface area contributed by atoms with E-state index in [1.54, 1.807) is 4.90 Å². The summed E-state index contributed by atoms with van der Waals surface area (Å²) in [6.07, 6.45) is 3.27. The molecule has 2 amide bonds. The van der Waals surface area contributed by atoms with E-state index < -0.39 is 11.6 Å². The molecule has 1 aromatic rings. The topological polar surface area (TPSA) is 35.6 Å². The number of amides is 2. The zero-order chi connectivity index (χ0) is 15.5. The zero-order valence-electron chi connectivity index (χ0n) is 12.5. The predicted molar refractivity (Wildman–Crippen MR) is 79.4 cm³/mol. The van der Waals surface area contributed by atoms with Crippen LogP contribution in [-0.4, -0.2) is 48.1 Å². The molecule has 0 unspecified atom stereocenters. The van der Waals surface area contributed by atoms with Gasteiger partial charge in [-0.2, -0.15) is 0 Å². The maximum Gasteiger partial charge on any atom is 0.317 e. The van der Waals surface area contributed by atoms with E-state index in [1.165, 1.54) is 18.6 Å². The summed E-state index contributed by atoms with van der Waals surface area (Å²) in [6.45, 7) is 3.59. The van der Waals surface area contributed by atoms with Crippen molar-refractivity contribution in [1.29, 1.82) is 0 Å². The summed E-state index contributed by atoms with van der Waals surface area (Å²) >= 11 is 0. The van der Waals surface area contributed by atoms with Crippen molar-refractivity contribution < 1.29 is 13.6 Å². The molecule has 2 aliphatic rings. The van der Waals surface area contributed by atoms with Crippen molar-refractivity contribution >= 4 is 6.03 Å². The van der Waals surface area contributed by atoms with Crippen molar-refractivity contribution in [2.75, 3.05) is 26.2 Å². The van der Waals surface area contributed by atoms with Gasteiger partial charge in [0.2, 0.25) is 0 Å². The SMILES string of the molecule is O=C(NCc1cccc(F)c1F)N1CCCN2CCC[C@H]2C1. The average Bonchev–Trinajstić information content (AvgIpc) is 2.85. The van der Waals surface area contributed by atoms with Gasteiger partial charge in [-0.15, -0.1) is 0 Å². The molecule has 2 saturated heterocycles. The number of carbonyl (C=O) groups is 1. The van der Waals surface area contributed by atoms with Gasteiger partial charge in [0.1, 0.15) is 0 Å². The summed E-state index contributed by atoms with van der Waals surface area (Å²) < 4.78 is 26.7. The third-order valence-electron chi connectivity index (χ3n) is 4.55. The second kappa shape index (κ2) is 6.60. The summed E-state index contributed by atoms with van der Waals surface area (Å²) in [5.41, 5.74) is 0.172. The van der Waals surface area contributed by atoms with Crippen LogP contribution in [0.15, 0.2) is 18.2 Å². The summed E-state index contributed by atoms with van der Waals surface area (Å²) in [5, 5.41) is 2.71. The number of nitrogens with one attached hydrogen (secondary N) is 1. The highest BCUT2D eigenvalue weighted by molar-refractivity contribution is 5.74. The highest BCUT2D eigenvalue weighted by Gasteiger charge is 2.30. The van der Waals surface area contributed by atoms with E-state index in [0.29, 0.717) is 12.6 Å². The first-order valence-electron chi connectivity index (χ1n) is 7.85. The van der Waals surface area contributed by atoms with Crippen molar-refractivity contribution in [2.24, 2.45) is 0 Å². The van der Waals surface area contributed by atoms with E-state index >= 15 is 0 Å². The van der Waals surface area contributed by atoms with Gasteiger partial charge in [-0.05, 0) is 31.9 Å². The molecule has 0 spiro atoms. The Morgan fingerprint density at radius 3 is 2.91 bits per heavy atom. The molecule has 2 heterocycles. The van der Waals surface area contributed by atoms with E-state index in [9.17, 15) is 13.6 Å². The van der Waals surface area contributed by atoms with E-state index in [4.69, 9.17) is 0 Å². The molecule has 0 bridgehead atoms. The van der Waals surface area contributed by atoms with Gasteiger partial charge in [-0.25, -0.2) is 13.6 Å². The number of carbonyl (C=O) groups excluding carboxylic acids is 1. The molecule has 0 radical (unpaired) electrons. The standard InChI is InChI=1S/C16H21F2N3O/c17-14-6-1-4-12(15(14)18)10-19-16(22)21-9-3-8-20-7-2-5-13(20)11-21/h1,4,6,13H,2-3,5,7-11H2,(H,19,22)/t13-/m0/s1. The van der Waals surface area contributed by atoms with Crippen LogP contribution < -0.4 is 5.32 Å². The van der Waals surface area contributed by atoms with E-state index in [-0.39, 0.29) is 18.1 Å². The summed E-state index contributed by atoms with van der Waals surface area (Å²) in [7, 11) is 0. The number of hydrogen-bond donors (Lipinski definition) is 1. The fourth-order valence-corrected chi connectivity index (χ4v) is 3.36. The second-order valence-corrected chi connectivity index (χ2v) is 6.00. The third kappa shape index (κ3) is 3.21. The molecule has 22 heavy (non-hydrogen) atoms. The van der Waals surface area contributed by atoms with Gasteiger partial charge in [0, 0.05) is 37.8 Å².